The standard InChI is InChI=1S/C20H26F2N2O4S2/c21-20(22)7-10-23(11-8-20)19(25)15-2-1-9-24(12-15)30(26,27)18-5-3-16(4-6-18)29-17-13-28-14-17/h3-6,15,17H,1-2,7-14H2/t15-/m1/s1. The number of sulfonamides is 1. The lowest BCUT2D eigenvalue weighted by Crippen LogP contribution is -2.49. The van der Waals surface area contributed by atoms with Gasteiger partial charge in [0.2, 0.25) is 15.9 Å². The number of nitrogens with zero attached hydrogens (tertiary/aromatic N) is 2. The molecule has 0 aromatic heterocycles. The van der Waals surface area contributed by atoms with Crippen molar-refractivity contribution in [1.82, 2.24) is 9.21 Å². The lowest BCUT2D eigenvalue weighted by Gasteiger charge is -2.37. The predicted octanol–water partition coefficient (Wildman–Crippen LogP) is 2.84. The van der Waals surface area contributed by atoms with Crippen LogP contribution < -0.4 is 0 Å². The van der Waals surface area contributed by atoms with Crippen LogP contribution in [0.25, 0.3) is 0 Å². The molecule has 0 bridgehead atoms. The minimum atomic E-state index is -3.71. The monoisotopic (exact) mass is 460 g/mol. The summed E-state index contributed by atoms with van der Waals surface area (Å²) in [7, 11) is -3.71. The summed E-state index contributed by atoms with van der Waals surface area (Å²) in [5.74, 6) is -3.40. The van der Waals surface area contributed by atoms with E-state index in [1.807, 2.05) is 0 Å². The van der Waals surface area contributed by atoms with E-state index in [2.05, 4.69) is 0 Å². The van der Waals surface area contributed by atoms with Gasteiger partial charge in [-0.3, -0.25) is 4.79 Å². The summed E-state index contributed by atoms with van der Waals surface area (Å²) in [6, 6.07) is 6.82. The summed E-state index contributed by atoms with van der Waals surface area (Å²) in [5, 5.41) is 0.413. The van der Waals surface area contributed by atoms with Gasteiger partial charge < -0.3 is 9.64 Å². The molecule has 3 aliphatic rings. The van der Waals surface area contributed by atoms with E-state index in [4.69, 9.17) is 4.74 Å². The molecule has 0 unspecified atom stereocenters. The molecule has 30 heavy (non-hydrogen) atoms. The van der Waals surface area contributed by atoms with Gasteiger partial charge in [0.1, 0.15) is 0 Å². The molecule has 6 nitrogen and oxygen atoms in total. The molecule has 0 spiro atoms. The van der Waals surface area contributed by atoms with E-state index >= 15 is 0 Å². The fourth-order valence-electron chi connectivity index (χ4n) is 3.99. The number of ether oxygens (including phenoxy) is 1. The molecule has 10 heteroatoms. The van der Waals surface area contributed by atoms with Crippen molar-refractivity contribution >= 4 is 27.7 Å². The third-order valence-electron chi connectivity index (χ3n) is 5.91. The van der Waals surface area contributed by atoms with E-state index in [-0.39, 0.29) is 43.3 Å². The van der Waals surface area contributed by atoms with Crippen LogP contribution in [0.2, 0.25) is 0 Å². The zero-order valence-electron chi connectivity index (χ0n) is 16.6. The molecular formula is C20H26F2N2O4S2. The van der Waals surface area contributed by atoms with E-state index in [1.165, 1.54) is 9.21 Å². The lowest BCUT2D eigenvalue weighted by atomic mass is 9.96. The van der Waals surface area contributed by atoms with Crippen LogP contribution in [0, 0.1) is 5.92 Å². The highest BCUT2D eigenvalue weighted by Crippen LogP contribution is 2.32. The first-order valence-corrected chi connectivity index (χ1v) is 12.6. The average molecular weight is 461 g/mol. The van der Waals surface area contributed by atoms with E-state index in [0.717, 1.165) is 4.90 Å². The first-order valence-electron chi connectivity index (χ1n) is 10.3. The molecule has 1 aromatic rings. The summed E-state index contributed by atoms with van der Waals surface area (Å²) >= 11 is 1.67. The molecule has 3 aliphatic heterocycles. The van der Waals surface area contributed by atoms with Gasteiger partial charge in [-0.15, -0.1) is 11.8 Å². The highest BCUT2D eigenvalue weighted by molar-refractivity contribution is 8.00. The van der Waals surface area contributed by atoms with Gasteiger partial charge in [0.25, 0.3) is 5.92 Å². The van der Waals surface area contributed by atoms with Crippen LogP contribution in [-0.2, 0) is 19.6 Å². The third-order valence-corrected chi connectivity index (χ3v) is 8.94. The number of amides is 1. The Kier molecular flexibility index (Phi) is 6.39. The van der Waals surface area contributed by atoms with Gasteiger partial charge in [-0.2, -0.15) is 4.31 Å². The van der Waals surface area contributed by atoms with Crippen molar-refractivity contribution in [3.63, 3.8) is 0 Å². The maximum Gasteiger partial charge on any atom is 0.251 e. The normalized spacial score (nSPS) is 25.7. The van der Waals surface area contributed by atoms with Crippen molar-refractivity contribution < 1.29 is 26.7 Å². The molecule has 166 valence electrons. The molecule has 0 N–H and O–H groups in total. The van der Waals surface area contributed by atoms with Gasteiger partial charge in [0, 0.05) is 43.9 Å². The highest BCUT2D eigenvalue weighted by Gasteiger charge is 2.39. The van der Waals surface area contributed by atoms with Crippen LogP contribution in [0.5, 0.6) is 0 Å². The number of rotatable bonds is 5. The van der Waals surface area contributed by atoms with Crippen LogP contribution in [0.3, 0.4) is 0 Å². The number of halogens is 2. The minimum absolute atomic E-state index is 0.0280. The van der Waals surface area contributed by atoms with Gasteiger partial charge in [0.05, 0.1) is 29.3 Å². The van der Waals surface area contributed by atoms with Gasteiger partial charge in [-0.05, 0) is 37.1 Å². The fourth-order valence-corrected chi connectivity index (χ4v) is 6.52. The lowest BCUT2D eigenvalue weighted by molar-refractivity contribution is -0.142. The number of hydrogen-bond donors (Lipinski definition) is 0. The van der Waals surface area contributed by atoms with E-state index < -0.39 is 21.9 Å². The first-order chi connectivity index (χ1) is 14.2. The Morgan fingerprint density at radius 3 is 2.37 bits per heavy atom. The van der Waals surface area contributed by atoms with Crippen molar-refractivity contribution in [2.24, 2.45) is 5.92 Å². The Morgan fingerprint density at radius 2 is 1.77 bits per heavy atom. The van der Waals surface area contributed by atoms with Gasteiger partial charge >= 0.3 is 0 Å². The topological polar surface area (TPSA) is 66.9 Å². The number of likely N-dealkylation sites (tertiary alicyclic amines) is 1. The van der Waals surface area contributed by atoms with Crippen molar-refractivity contribution in [3.8, 4) is 0 Å². The highest BCUT2D eigenvalue weighted by atomic mass is 32.2. The van der Waals surface area contributed by atoms with Crippen LogP contribution in [-0.4, -0.2) is 74.1 Å². The second-order valence-electron chi connectivity index (χ2n) is 8.13. The maximum absolute atomic E-state index is 13.4. The predicted molar refractivity (Wildman–Crippen MR) is 109 cm³/mol. The van der Waals surface area contributed by atoms with Crippen LogP contribution in [0.4, 0.5) is 8.78 Å². The molecular weight excluding hydrogens is 434 g/mol. The summed E-state index contributed by atoms with van der Waals surface area (Å²) in [4.78, 5) is 15.5. The molecule has 3 heterocycles. The molecule has 1 aromatic carbocycles. The Bertz CT molecular complexity index is 865. The fraction of sp³-hybridized carbons (Fsp3) is 0.650. The molecule has 1 amide bonds. The summed E-state index contributed by atoms with van der Waals surface area (Å²) in [6.45, 7) is 1.94. The molecule has 4 rings (SSSR count). The van der Waals surface area contributed by atoms with Crippen molar-refractivity contribution in [2.45, 2.75) is 46.6 Å². The Balaban J connectivity index is 1.39. The van der Waals surface area contributed by atoms with Crippen LogP contribution in [0.15, 0.2) is 34.1 Å². The SMILES string of the molecule is O=C([C@@H]1CCCN(S(=O)(=O)c2ccc(SC3COC3)cc2)C1)N1CCC(F)(F)CC1. The number of hydrogen-bond acceptors (Lipinski definition) is 5. The molecule has 0 saturated carbocycles. The summed E-state index contributed by atoms with van der Waals surface area (Å²) in [6.07, 6.45) is 0.502. The molecule has 0 radical (unpaired) electrons. The number of carbonyl (C=O) groups is 1. The molecule has 3 saturated heterocycles. The number of thioether (sulfide) groups is 1. The molecule has 1 atom stereocenters. The van der Waals surface area contributed by atoms with E-state index in [9.17, 15) is 22.0 Å². The number of benzene rings is 1. The summed E-state index contributed by atoms with van der Waals surface area (Å²) in [5.41, 5.74) is 0. The Morgan fingerprint density at radius 1 is 1.10 bits per heavy atom. The number of carbonyl (C=O) groups excluding carboxylic acids is 1. The summed E-state index contributed by atoms with van der Waals surface area (Å²) < 4.78 is 59.5. The largest absolute Gasteiger partial charge is 0.379 e. The van der Waals surface area contributed by atoms with E-state index in [0.29, 0.717) is 37.9 Å². The molecule has 3 fully saturated rings. The second kappa shape index (κ2) is 8.72. The average Bonchev–Trinajstić information content (AvgIpc) is 2.71. The quantitative estimate of drug-likeness (QED) is 0.676. The van der Waals surface area contributed by atoms with Crippen LogP contribution >= 0.6 is 11.8 Å². The van der Waals surface area contributed by atoms with Gasteiger partial charge in [0.15, 0.2) is 0 Å². The van der Waals surface area contributed by atoms with Gasteiger partial charge in [-0.25, -0.2) is 17.2 Å². The zero-order valence-corrected chi connectivity index (χ0v) is 18.3. The zero-order chi connectivity index (χ0) is 21.4. The second-order valence-corrected chi connectivity index (χ2v) is 11.4. The smallest absolute Gasteiger partial charge is 0.251 e. The number of alkyl halides is 2. The third kappa shape index (κ3) is 4.81. The van der Waals surface area contributed by atoms with Crippen LogP contribution in [0.1, 0.15) is 25.7 Å². The maximum atomic E-state index is 13.4. The first kappa shape index (κ1) is 22.0. The molecule has 0 aliphatic carbocycles. The number of piperidine rings is 2. The Hall–Kier alpha value is -1.23. The van der Waals surface area contributed by atoms with Gasteiger partial charge in [-0.1, -0.05) is 0 Å². The van der Waals surface area contributed by atoms with E-state index in [1.54, 1.807) is 36.0 Å². The van der Waals surface area contributed by atoms with Crippen molar-refractivity contribution in [2.75, 3.05) is 39.4 Å². The minimum Gasteiger partial charge on any atom is -0.379 e. The van der Waals surface area contributed by atoms with Crippen molar-refractivity contribution in [1.29, 1.82) is 0 Å². The Labute approximate surface area is 180 Å². The van der Waals surface area contributed by atoms with Crippen molar-refractivity contribution in [3.05, 3.63) is 24.3 Å².